The first-order valence-corrected chi connectivity index (χ1v) is 9.29. The largest absolute Gasteiger partial charge is 0.283 e. The number of amides is 1. The number of carbonyl (C=O) groups is 1. The molecule has 3 heteroatoms. The number of carbonyl (C=O) groups excluding carboxylic acids is 1. The van der Waals surface area contributed by atoms with E-state index in [1.54, 1.807) is 0 Å². The molecule has 0 saturated heterocycles. The number of hydrogen-bond donors (Lipinski definition) is 0. The van der Waals surface area contributed by atoms with Gasteiger partial charge >= 0.3 is 0 Å². The number of allylic oxidation sites excluding steroid dienone is 2. The number of hydrogen-bond acceptors (Lipinski definition) is 1. The van der Waals surface area contributed by atoms with Crippen molar-refractivity contribution < 1.29 is 4.79 Å². The minimum absolute atomic E-state index is 0.0588. The highest BCUT2D eigenvalue weighted by molar-refractivity contribution is 7.93. The van der Waals surface area contributed by atoms with Crippen LogP contribution < -0.4 is 0 Å². The minimum Gasteiger partial charge on any atom is -0.266 e. The molecule has 23 heavy (non-hydrogen) atoms. The maximum absolute atomic E-state index is 12.4. The van der Waals surface area contributed by atoms with Crippen LogP contribution in [0.25, 0.3) is 0 Å². The van der Waals surface area contributed by atoms with Gasteiger partial charge in [-0.1, -0.05) is 59.2 Å². The second-order valence-electron chi connectivity index (χ2n) is 8.17. The lowest BCUT2D eigenvalue weighted by Gasteiger charge is -2.30. The van der Waals surface area contributed by atoms with Crippen molar-refractivity contribution in [2.24, 2.45) is 15.2 Å². The number of aryl methyl sites for hydroxylation is 1. The van der Waals surface area contributed by atoms with Crippen LogP contribution >= 0.6 is 0 Å². The fourth-order valence-corrected chi connectivity index (χ4v) is 4.38. The molecule has 0 saturated carbocycles. The maximum Gasteiger partial charge on any atom is 0.283 e. The molecular weight excluding hydrogens is 302 g/mol. The number of nitrogens with zero attached hydrogens (tertiary/aromatic N) is 1. The van der Waals surface area contributed by atoms with Crippen LogP contribution in [0.15, 0.2) is 50.6 Å². The van der Waals surface area contributed by atoms with Crippen molar-refractivity contribution in [2.45, 2.75) is 48.5 Å². The Bertz CT molecular complexity index is 675. The Morgan fingerprint density at radius 1 is 0.870 bits per heavy atom. The second-order valence-corrected chi connectivity index (χ2v) is 9.52. The highest BCUT2D eigenvalue weighted by Crippen LogP contribution is 2.44. The lowest BCUT2D eigenvalue weighted by atomic mass is 9.74. The third kappa shape index (κ3) is 4.29. The van der Waals surface area contributed by atoms with E-state index in [1.165, 1.54) is 11.1 Å². The third-order valence-electron chi connectivity index (χ3n) is 3.87. The molecule has 0 N–H and O–H groups in total. The van der Waals surface area contributed by atoms with Crippen molar-refractivity contribution in [3.63, 3.8) is 0 Å². The van der Waals surface area contributed by atoms with Gasteiger partial charge in [0.2, 0.25) is 0 Å². The molecule has 0 unspecified atom stereocenters. The molecule has 2 rings (SSSR count). The highest BCUT2D eigenvalue weighted by Gasteiger charge is 2.31. The van der Waals surface area contributed by atoms with Crippen molar-refractivity contribution in [1.29, 1.82) is 0 Å². The summed E-state index contributed by atoms with van der Waals surface area (Å²) in [7, 11) is -0.465. The fraction of sp³-hybridized carbons (Fsp3) is 0.450. The van der Waals surface area contributed by atoms with Gasteiger partial charge in [0.1, 0.15) is 0 Å². The Morgan fingerprint density at radius 3 is 1.70 bits per heavy atom. The van der Waals surface area contributed by atoms with Crippen LogP contribution in [0.4, 0.5) is 0 Å². The zero-order valence-corrected chi connectivity index (χ0v) is 16.0. The minimum atomic E-state index is -0.465. The van der Waals surface area contributed by atoms with Crippen molar-refractivity contribution in [1.82, 2.24) is 0 Å². The Morgan fingerprint density at radius 2 is 1.30 bits per heavy atom. The summed E-state index contributed by atoms with van der Waals surface area (Å²) in [5, 5.41) is 4.35. The van der Waals surface area contributed by atoms with Crippen LogP contribution in [0.5, 0.6) is 0 Å². The van der Waals surface area contributed by atoms with E-state index < -0.39 is 10.7 Å². The zero-order valence-electron chi connectivity index (χ0n) is 15.2. The lowest BCUT2D eigenvalue weighted by molar-refractivity contribution is 0.101. The molecule has 124 valence electrons. The van der Waals surface area contributed by atoms with Gasteiger partial charge in [0.05, 0.1) is 0 Å². The molecular formula is C20H27NOS. The van der Waals surface area contributed by atoms with Crippen LogP contribution in [0, 0.1) is 17.8 Å². The van der Waals surface area contributed by atoms with Crippen LogP contribution in [0.1, 0.15) is 57.5 Å². The van der Waals surface area contributed by atoms with E-state index >= 15 is 0 Å². The molecule has 0 aromatic heterocycles. The van der Waals surface area contributed by atoms with Gasteiger partial charge in [-0.3, -0.25) is 4.79 Å². The Labute approximate surface area is 142 Å². The highest BCUT2D eigenvalue weighted by atomic mass is 32.2. The molecule has 1 aromatic rings. The van der Waals surface area contributed by atoms with Gasteiger partial charge in [-0.15, -0.1) is 0 Å². The van der Waals surface area contributed by atoms with Gasteiger partial charge in [0.25, 0.3) is 5.91 Å². The van der Waals surface area contributed by atoms with Gasteiger partial charge in [-0.2, -0.15) is 4.36 Å². The molecule has 1 aliphatic rings. The van der Waals surface area contributed by atoms with Crippen LogP contribution in [-0.2, 0) is 10.7 Å². The summed E-state index contributed by atoms with van der Waals surface area (Å²) in [5.74, 6) is -0.135. The molecule has 0 radical (unpaired) electrons. The van der Waals surface area contributed by atoms with Gasteiger partial charge in [-0.25, -0.2) is 0 Å². The summed E-state index contributed by atoms with van der Waals surface area (Å²) in [6, 6.07) is 7.60. The van der Waals surface area contributed by atoms with Crippen molar-refractivity contribution in [3.05, 3.63) is 57.4 Å². The van der Waals surface area contributed by atoms with E-state index in [0.717, 1.165) is 5.56 Å². The zero-order chi connectivity index (χ0) is 17.4. The molecule has 0 fully saturated rings. The predicted octanol–water partition coefficient (Wildman–Crippen LogP) is 5.81. The van der Waals surface area contributed by atoms with E-state index in [2.05, 4.69) is 56.7 Å². The SMILES string of the molecule is Cc1ccc(C(=O)N=S2C=C(C(C)(C)C)C(C(C)(C)C)=C2)cc1. The van der Waals surface area contributed by atoms with Crippen LogP contribution in [-0.4, -0.2) is 5.91 Å². The molecule has 1 aliphatic heterocycles. The first-order chi connectivity index (χ1) is 10.5. The summed E-state index contributed by atoms with van der Waals surface area (Å²) < 4.78 is 4.44. The first kappa shape index (κ1) is 17.9. The predicted molar refractivity (Wildman–Crippen MR) is 100 cm³/mol. The van der Waals surface area contributed by atoms with Gasteiger partial charge < -0.3 is 0 Å². The Balaban J connectivity index is 2.40. The molecule has 0 bridgehead atoms. The average Bonchev–Trinajstić information content (AvgIpc) is 2.83. The normalized spacial score (nSPS) is 16.1. The van der Waals surface area contributed by atoms with E-state index in [1.807, 2.05) is 31.2 Å². The smallest absolute Gasteiger partial charge is 0.266 e. The topological polar surface area (TPSA) is 29.4 Å². The van der Waals surface area contributed by atoms with E-state index in [-0.39, 0.29) is 16.7 Å². The van der Waals surface area contributed by atoms with Crippen molar-refractivity contribution in [3.8, 4) is 0 Å². The van der Waals surface area contributed by atoms with E-state index in [0.29, 0.717) is 5.56 Å². The molecule has 1 amide bonds. The third-order valence-corrected chi connectivity index (χ3v) is 5.20. The first-order valence-electron chi connectivity index (χ1n) is 7.98. The summed E-state index contributed by atoms with van der Waals surface area (Å²) in [5.41, 5.74) is 4.55. The second kappa shape index (κ2) is 6.20. The Kier molecular flexibility index (Phi) is 4.81. The van der Waals surface area contributed by atoms with Gasteiger partial charge in [0.15, 0.2) is 0 Å². The Hall–Kier alpha value is -1.48. The summed E-state index contributed by atoms with van der Waals surface area (Å²) in [6.07, 6.45) is 0. The number of benzene rings is 1. The molecule has 1 heterocycles. The number of rotatable bonds is 1. The standard InChI is InChI=1S/C20H27NOS/c1-14-8-10-15(11-9-14)18(22)21-23-12-16(19(2,3)4)17(13-23)20(5,6)7/h8-13H,1-7H3. The van der Waals surface area contributed by atoms with E-state index in [4.69, 9.17) is 0 Å². The molecule has 2 nitrogen and oxygen atoms in total. The summed E-state index contributed by atoms with van der Waals surface area (Å²) in [4.78, 5) is 12.4. The lowest BCUT2D eigenvalue weighted by Crippen LogP contribution is -2.18. The quantitative estimate of drug-likeness (QED) is 0.639. The fourth-order valence-electron chi connectivity index (χ4n) is 2.46. The summed E-state index contributed by atoms with van der Waals surface area (Å²) >= 11 is 0. The maximum atomic E-state index is 12.4. The molecule has 0 spiro atoms. The van der Waals surface area contributed by atoms with Crippen molar-refractivity contribution >= 4 is 16.6 Å². The summed E-state index contributed by atoms with van der Waals surface area (Å²) in [6.45, 7) is 15.3. The van der Waals surface area contributed by atoms with Gasteiger partial charge in [-0.05, 0) is 62.5 Å². The average molecular weight is 330 g/mol. The molecule has 0 aliphatic carbocycles. The van der Waals surface area contributed by atoms with Gasteiger partial charge in [0, 0.05) is 5.56 Å². The van der Waals surface area contributed by atoms with Crippen molar-refractivity contribution in [2.75, 3.05) is 0 Å². The van der Waals surface area contributed by atoms with Crippen LogP contribution in [0.2, 0.25) is 0 Å². The van der Waals surface area contributed by atoms with E-state index in [9.17, 15) is 4.79 Å². The van der Waals surface area contributed by atoms with Crippen LogP contribution in [0.3, 0.4) is 0 Å². The monoisotopic (exact) mass is 329 g/mol. The molecule has 1 aromatic carbocycles. The molecule has 0 atom stereocenters.